The number of aromatic nitrogens is 1. The molecule has 0 saturated carbocycles. The van der Waals surface area contributed by atoms with E-state index in [1.165, 1.54) is 42.7 Å². The number of nitro benzene ring substituents is 1. The number of hydrogen-bond donors (Lipinski definition) is 1. The van der Waals surface area contributed by atoms with Crippen molar-refractivity contribution in [3.8, 4) is 0 Å². The summed E-state index contributed by atoms with van der Waals surface area (Å²) in [5, 5.41) is 10.8. The summed E-state index contributed by atoms with van der Waals surface area (Å²) in [6, 6.07) is 8.05. The van der Waals surface area contributed by atoms with Crippen molar-refractivity contribution >= 4 is 21.4 Å². The first-order valence-corrected chi connectivity index (χ1v) is 6.65. The van der Waals surface area contributed by atoms with Crippen molar-refractivity contribution < 1.29 is 13.3 Å². The van der Waals surface area contributed by atoms with Gasteiger partial charge in [0.15, 0.2) is 4.90 Å². The van der Waals surface area contributed by atoms with Crippen molar-refractivity contribution in [3.63, 3.8) is 0 Å². The van der Waals surface area contributed by atoms with Gasteiger partial charge in [0.2, 0.25) is 0 Å². The van der Waals surface area contributed by atoms with Crippen molar-refractivity contribution in [1.82, 2.24) is 4.98 Å². The minimum absolute atomic E-state index is 0.285. The Morgan fingerprint density at radius 2 is 1.74 bits per heavy atom. The van der Waals surface area contributed by atoms with Crippen molar-refractivity contribution in [3.05, 3.63) is 58.9 Å². The fourth-order valence-corrected chi connectivity index (χ4v) is 2.70. The lowest BCUT2D eigenvalue weighted by Gasteiger charge is -2.07. The highest BCUT2D eigenvalue weighted by Crippen LogP contribution is 2.24. The van der Waals surface area contributed by atoms with E-state index < -0.39 is 20.6 Å². The van der Waals surface area contributed by atoms with Crippen LogP contribution >= 0.6 is 0 Å². The number of benzene rings is 1. The van der Waals surface area contributed by atoms with E-state index in [0.29, 0.717) is 0 Å². The number of anilines is 1. The first kappa shape index (κ1) is 13.0. The quantitative estimate of drug-likeness (QED) is 0.679. The Kier molecular flexibility index (Phi) is 3.43. The molecule has 0 spiro atoms. The standard InChI is InChI=1S/C11H9N3O4S/c15-14(16)10-3-1-2-4-11(10)19(17,18)13-9-5-7-12-8-6-9/h1-8H,(H,12,13). The normalized spacial score (nSPS) is 10.9. The lowest BCUT2D eigenvalue weighted by Crippen LogP contribution is -2.14. The van der Waals surface area contributed by atoms with Gasteiger partial charge in [0.1, 0.15) is 0 Å². The summed E-state index contributed by atoms with van der Waals surface area (Å²) in [4.78, 5) is 13.5. The van der Waals surface area contributed by atoms with Crippen LogP contribution in [0.5, 0.6) is 0 Å². The average Bonchev–Trinajstić information content (AvgIpc) is 2.39. The lowest BCUT2D eigenvalue weighted by atomic mass is 10.3. The number of sulfonamides is 1. The molecule has 2 aromatic rings. The summed E-state index contributed by atoms with van der Waals surface area (Å²) in [6.45, 7) is 0. The third-order valence-corrected chi connectivity index (χ3v) is 3.71. The number of nitrogens with zero attached hydrogens (tertiary/aromatic N) is 2. The van der Waals surface area contributed by atoms with Gasteiger partial charge in [-0.05, 0) is 18.2 Å². The maximum absolute atomic E-state index is 12.1. The van der Waals surface area contributed by atoms with E-state index in [0.717, 1.165) is 6.07 Å². The van der Waals surface area contributed by atoms with E-state index in [1.54, 1.807) is 0 Å². The van der Waals surface area contributed by atoms with Crippen LogP contribution in [0.3, 0.4) is 0 Å². The Bertz CT molecular complexity index is 701. The van der Waals surface area contributed by atoms with Crippen LogP contribution in [0, 0.1) is 10.1 Å². The average molecular weight is 279 g/mol. The Labute approximate surface area is 109 Å². The molecule has 0 atom stereocenters. The monoisotopic (exact) mass is 279 g/mol. The molecular weight excluding hydrogens is 270 g/mol. The molecule has 98 valence electrons. The summed E-state index contributed by atoms with van der Waals surface area (Å²) in [5.74, 6) is 0. The number of para-hydroxylation sites is 1. The maximum Gasteiger partial charge on any atom is 0.289 e. The second-order valence-corrected chi connectivity index (χ2v) is 5.22. The highest BCUT2D eigenvalue weighted by molar-refractivity contribution is 7.92. The van der Waals surface area contributed by atoms with Crippen LogP contribution in [0.15, 0.2) is 53.7 Å². The predicted octanol–water partition coefficient (Wildman–Crippen LogP) is 1.79. The third-order valence-electron chi connectivity index (χ3n) is 2.28. The van der Waals surface area contributed by atoms with Gasteiger partial charge in [-0.1, -0.05) is 12.1 Å². The van der Waals surface area contributed by atoms with Crippen LogP contribution in [0.4, 0.5) is 11.4 Å². The summed E-state index contributed by atoms with van der Waals surface area (Å²) in [7, 11) is -4.01. The Morgan fingerprint density at radius 1 is 1.11 bits per heavy atom. The number of nitrogens with one attached hydrogen (secondary N) is 1. The Morgan fingerprint density at radius 3 is 2.37 bits per heavy atom. The molecule has 8 heteroatoms. The van der Waals surface area contributed by atoms with Crippen LogP contribution in [-0.2, 0) is 10.0 Å². The highest BCUT2D eigenvalue weighted by Gasteiger charge is 2.24. The molecule has 1 heterocycles. The molecule has 0 radical (unpaired) electrons. The molecule has 0 saturated heterocycles. The third kappa shape index (κ3) is 2.86. The zero-order valence-corrected chi connectivity index (χ0v) is 10.4. The van der Waals surface area contributed by atoms with Crippen LogP contribution < -0.4 is 4.72 Å². The topological polar surface area (TPSA) is 102 Å². The molecule has 1 N–H and O–H groups in total. The first-order chi connectivity index (χ1) is 9.00. The summed E-state index contributed by atoms with van der Waals surface area (Å²) in [5.41, 5.74) is -0.183. The number of nitro groups is 1. The molecule has 19 heavy (non-hydrogen) atoms. The molecule has 0 aliphatic carbocycles. The Hall–Kier alpha value is -2.48. The molecule has 0 fully saturated rings. The molecule has 0 amide bonds. The van der Waals surface area contributed by atoms with Crippen molar-refractivity contribution in [2.45, 2.75) is 4.90 Å². The number of rotatable bonds is 4. The van der Waals surface area contributed by atoms with Gasteiger partial charge in [-0.2, -0.15) is 0 Å². The SMILES string of the molecule is O=[N+]([O-])c1ccccc1S(=O)(=O)Nc1ccncc1. The molecule has 2 rings (SSSR count). The molecule has 7 nitrogen and oxygen atoms in total. The van der Waals surface area contributed by atoms with E-state index in [4.69, 9.17) is 0 Å². The van der Waals surface area contributed by atoms with Crippen molar-refractivity contribution in [1.29, 1.82) is 0 Å². The van der Waals surface area contributed by atoms with Crippen molar-refractivity contribution in [2.75, 3.05) is 4.72 Å². The molecule has 0 unspecified atom stereocenters. The fourth-order valence-electron chi connectivity index (χ4n) is 1.47. The van der Waals surface area contributed by atoms with E-state index in [1.807, 2.05) is 0 Å². The molecule has 0 aliphatic rings. The summed E-state index contributed by atoms with van der Waals surface area (Å²) < 4.78 is 26.4. The molecule has 1 aromatic heterocycles. The second-order valence-electron chi connectivity index (χ2n) is 3.57. The van der Waals surface area contributed by atoms with Crippen LogP contribution in [-0.4, -0.2) is 18.3 Å². The van der Waals surface area contributed by atoms with Gasteiger partial charge in [0, 0.05) is 18.5 Å². The van der Waals surface area contributed by atoms with Gasteiger partial charge in [-0.3, -0.25) is 19.8 Å². The van der Waals surface area contributed by atoms with Gasteiger partial charge in [-0.25, -0.2) is 8.42 Å². The molecule has 0 bridgehead atoms. The molecule has 0 aliphatic heterocycles. The smallest absolute Gasteiger partial charge is 0.279 e. The minimum Gasteiger partial charge on any atom is -0.279 e. The summed E-state index contributed by atoms with van der Waals surface area (Å²) in [6.07, 6.45) is 2.83. The largest absolute Gasteiger partial charge is 0.289 e. The van der Waals surface area contributed by atoms with Gasteiger partial charge < -0.3 is 0 Å². The number of hydrogen-bond acceptors (Lipinski definition) is 5. The van der Waals surface area contributed by atoms with E-state index in [9.17, 15) is 18.5 Å². The Balaban J connectivity index is 2.43. The van der Waals surface area contributed by atoms with Gasteiger partial charge in [-0.15, -0.1) is 0 Å². The van der Waals surface area contributed by atoms with Crippen LogP contribution in [0.1, 0.15) is 0 Å². The molecule has 1 aromatic carbocycles. The fraction of sp³-hybridized carbons (Fsp3) is 0. The first-order valence-electron chi connectivity index (χ1n) is 5.17. The van der Waals surface area contributed by atoms with Gasteiger partial charge in [0.05, 0.1) is 10.6 Å². The van der Waals surface area contributed by atoms with E-state index in [2.05, 4.69) is 9.71 Å². The minimum atomic E-state index is -4.01. The lowest BCUT2D eigenvalue weighted by molar-refractivity contribution is -0.387. The zero-order chi connectivity index (χ0) is 13.9. The van der Waals surface area contributed by atoms with Crippen LogP contribution in [0.2, 0.25) is 0 Å². The number of pyridine rings is 1. The van der Waals surface area contributed by atoms with Crippen LogP contribution in [0.25, 0.3) is 0 Å². The van der Waals surface area contributed by atoms with Gasteiger partial charge >= 0.3 is 0 Å². The maximum atomic E-state index is 12.1. The zero-order valence-electron chi connectivity index (χ0n) is 9.55. The van der Waals surface area contributed by atoms with Crippen molar-refractivity contribution in [2.24, 2.45) is 0 Å². The highest BCUT2D eigenvalue weighted by atomic mass is 32.2. The second kappa shape index (κ2) is 5.02. The van der Waals surface area contributed by atoms with E-state index in [-0.39, 0.29) is 10.6 Å². The summed E-state index contributed by atoms with van der Waals surface area (Å²) >= 11 is 0. The predicted molar refractivity (Wildman–Crippen MR) is 68.1 cm³/mol. The van der Waals surface area contributed by atoms with E-state index >= 15 is 0 Å². The molecular formula is C11H9N3O4S. The van der Waals surface area contributed by atoms with Gasteiger partial charge in [0.25, 0.3) is 15.7 Å².